The summed E-state index contributed by atoms with van der Waals surface area (Å²) in [4.78, 5) is 0. The molecule has 29 heavy (non-hydrogen) atoms. The lowest BCUT2D eigenvalue weighted by Crippen LogP contribution is -2.28. The van der Waals surface area contributed by atoms with E-state index in [2.05, 4.69) is 0 Å². The Labute approximate surface area is 169 Å². The van der Waals surface area contributed by atoms with Crippen LogP contribution in [0.1, 0.15) is 16.7 Å². The largest absolute Gasteiger partial charge is 0.497 e. The molecule has 150 valence electrons. The minimum absolute atomic E-state index is 0.380. The molecule has 0 bridgehead atoms. The van der Waals surface area contributed by atoms with Gasteiger partial charge in [0.05, 0.1) is 21.3 Å². The molecule has 0 aliphatic rings. The van der Waals surface area contributed by atoms with Crippen LogP contribution in [0, 0.1) is 0 Å². The zero-order valence-corrected chi connectivity index (χ0v) is 16.6. The first-order chi connectivity index (χ1) is 14.0. The number of hydrogen-bond acceptors (Lipinski definition) is 4. The summed E-state index contributed by atoms with van der Waals surface area (Å²) in [7, 11) is 4.67. The maximum atomic E-state index is 15.6. The fraction of sp³-hybridized carbons (Fsp3) is 0.167. The number of hydrogen-bond donors (Lipinski definition) is 1. The van der Waals surface area contributed by atoms with Crippen LogP contribution in [0.2, 0.25) is 0 Å². The molecular formula is C24H23FO4. The average Bonchev–Trinajstić information content (AvgIpc) is 2.79. The molecule has 5 heteroatoms. The van der Waals surface area contributed by atoms with Crippen LogP contribution in [-0.4, -0.2) is 26.4 Å². The predicted octanol–water partition coefficient (Wildman–Crippen LogP) is 4.96. The van der Waals surface area contributed by atoms with Gasteiger partial charge in [0.15, 0.2) is 5.60 Å². The Morgan fingerprint density at radius 3 is 1.38 bits per heavy atom. The van der Waals surface area contributed by atoms with Crippen molar-refractivity contribution in [3.05, 3.63) is 95.3 Å². The molecule has 0 aliphatic carbocycles. The molecule has 0 saturated heterocycles. The summed E-state index contributed by atoms with van der Waals surface area (Å²) >= 11 is 0. The smallest absolute Gasteiger partial charge is 0.166 e. The zero-order chi connectivity index (χ0) is 20.9. The van der Waals surface area contributed by atoms with Crippen LogP contribution in [0.5, 0.6) is 17.2 Å². The second-order valence-electron chi connectivity index (χ2n) is 6.43. The van der Waals surface area contributed by atoms with Gasteiger partial charge < -0.3 is 19.3 Å². The Balaban J connectivity index is 2.10. The third-order valence-corrected chi connectivity index (χ3v) is 4.77. The van der Waals surface area contributed by atoms with E-state index in [1.54, 1.807) is 94.1 Å². The molecule has 0 radical (unpaired) electrons. The molecule has 0 atom stereocenters. The summed E-state index contributed by atoms with van der Waals surface area (Å²) in [5.74, 6) is 1.19. The van der Waals surface area contributed by atoms with E-state index in [0.717, 1.165) is 0 Å². The fourth-order valence-electron chi connectivity index (χ4n) is 3.06. The van der Waals surface area contributed by atoms with E-state index < -0.39 is 11.4 Å². The zero-order valence-electron chi connectivity index (χ0n) is 16.6. The number of ether oxygens (including phenoxy) is 3. The summed E-state index contributed by atoms with van der Waals surface area (Å²) < 4.78 is 31.1. The van der Waals surface area contributed by atoms with Gasteiger partial charge >= 0.3 is 0 Å². The molecule has 0 spiro atoms. The fourth-order valence-corrected chi connectivity index (χ4v) is 3.06. The summed E-state index contributed by atoms with van der Waals surface area (Å²) in [6.45, 7) is 0. The van der Waals surface area contributed by atoms with Gasteiger partial charge in [-0.1, -0.05) is 36.4 Å². The Kier molecular flexibility index (Phi) is 6.20. The van der Waals surface area contributed by atoms with Crippen LogP contribution in [0.15, 0.2) is 78.6 Å². The van der Waals surface area contributed by atoms with Crippen molar-refractivity contribution < 1.29 is 23.7 Å². The first-order valence-electron chi connectivity index (χ1n) is 9.04. The lowest BCUT2D eigenvalue weighted by atomic mass is 9.84. The van der Waals surface area contributed by atoms with Crippen molar-refractivity contribution in [3.8, 4) is 17.2 Å². The highest BCUT2D eigenvalue weighted by atomic mass is 19.1. The standard InChI is InChI=1S/C24H23FO4/c1-27-20-10-4-17(5-11-20)16-23(25)24(26,18-6-12-21(28-2)13-7-18)19-8-14-22(29-3)15-9-19/h4-16,26H,1-3H3/b23-16-. The van der Waals surface area contributed by atoms with Crippen molar-refractivity contribution in [2.45, 2.75) is 5.60 Å². The van der Waals surface area contributed by atoms with E-state index in [1.165, 1.54) is 6.08 Å². The van der Waals surface area contributed by atoms with Crippen LogP contribution < -0.4 is 14.2 Å². The van der Waals surface area contributed by atoms with Gasteiger partial charge in [-0.3, -0.25) is 0 Å². The van der Waals surface area contributed by atoms with Crippen LogP contribution in [0.25, 0.3) is 6.08 Å². The van der Waals surface area contributed by atoms with Gasteiger partial charge in [0.1, 0.15) is 23.1 Å². The van der Waals surface area contributed by atoms with E-state index in [0.29, 0.717) is 33.9 Å². The third-order valence-electron chi connectivity index (χ3n) is 4.77. The maximum absolute atomic E-state index is 15.6. The Bertz CT molecular complexity index is 914. The average molecular weight is 394 g/mol. The molecule has 3 rings (SSSR count). The molecule has 0 fully saturated rings. The van der Waals surface area contributed by atoms with E-state index in [1.807, 2.05) is 0 Å². The molecule has 1 N–H and O–H groups in total. The molecule has 4 nitrogen and oxygen atoms in total. The van der Waals surface area contributed by atoms with Crippen molar-refractivity contribution in [2.75, 3.05) is 21.3 Å². The minimum atomic E-state index is -1.97. The van der Waals surface area contributed by atoms with Crippen LogP contribution in [0.3, 0.4) is 0 Å². The topological polar surface area (TPSA) is 47.9 Å². The minimum Gasteiger partial charge on any atom is -0.497 e. The van der Waals surface area contributed by atoms with E-state index in [-0.39, 0.29) is 0 Å². The predicted molar refractivity (Wildman–Crippen MR) is 111 cm³/mol. The van der Waals surface area contributed by atoms with E-state index >= 15 is 4.39 Å². The van der Waals surface area contributed by atoms with Crippen molar-refractivity contribution >= 4 is 6.08 Å². The SMILES string of the molecule is COc1ccc(/C=C(\F)C(O)(c2ccc(OC)cc2)c2ccc(OC)cc2)cc1. The second kappa shape index (κ2) is 8.80. The van der Waals surface area contributed by atoms with E-state index in [4.69, 9.17) is 14.2 Å². The highest BCUT2D eigenvalue weighted by molar-refractivity contribution is 5.58. The van der Waals surface area contributed by atoms with Crippen LogP contribution >= 0.6 is 0 Å². The van der Waals surface area contributed by atoms with Crippen molar-refractivity contribution in [1.82, 2.24) is 0 Å². The van der Waals surface area contributed by atoms with Gasteiger partial charge in [0, 0.05) is 0 Å². The first kappa shape index (κ1) is 20.4. The Hall–Kier alpha value is -3.31. The number of halogens is 1. The Morgan fingerprint density at radius 2 is 1.03 bits per heavy atom. The lowest BCUT2D eigenvalue weighted by Gasteiger charge is -2.28. The summed E-state index contributed by atoms with van der Waals surface area (Å²) in [5, 5.41) is 11.6. The number of benzene rings is 3. The van der Waals surface area contributed by atoms with Crippen molar-refractivity contribution in [3.63, 3.8) is 0 Å². The Morgan fingerprint density at radius 1 is 0.690 bits per heavy atom. The summed E-state index contributed by atoms with van der Waals surface area (Å²) in [6.07, 6.45) is 1.31. The van der Waals surface area contributed by atoms with Gasteiger partial charge in [-0.25, -0.2) is 4.39 Å². The summed E-state index contributed by atoms with van der Waals surface area (Å²) in [5.41, 5.74) is -0.612. The quantitative estimate of drug-likeness (QED) is 0.615. The van der Waals surface area contributed by atoms with Gasteiger partial charge in [0.25, 0.3) is 0 Å². The maximum Gasteiger partial charge on any atom is 0.166 e. The monoisotopic (exact) mass is 394 g/mol. The molecule has 0 amide bonds. The molecular weight excluding hydrogens is 371 g/mol. The van der Waals surface area contributed by atoms with Gasteiger partial charge in [-0.15, -0.1) is 0 Å². The number of rotatable bonds is 7. The molecule has 0 aliphatic heterocycles. The molecule has 0 unspecified atom stereocenters. The normalized spacial score (nSPS) is 11.8. The van der Waals surface area contributed by atoms with Gasteiger partial charge in [0.2, 0.25) is 0 Å². The highest BCUT2D eigenvalue weighted by Crippen LogP contribution is 2.39. The molecule has 3 aromatic rings. The third kappa shape index (κ3) is 4.25. The lowest BCUT2D eigenvalue weighted by molar-refractivity contribution is 0.0961. The van der Waals surface area contributed by atoms with Gasteiger partial charge in [-0.2, -0.15) is 0 Å². The molecule has 0 heterocycles. The second-order valence-corrected chi connectivity index (χ2v) is 6.43. The van der Waals surface area contributed by atoms with Crippen LogP contribution in [-0.2, 0) is 5.60 Å². The molecule has 0 saturated carbocycles. The number of methoxy groups -OCH3 is 3. The van der Waals surface area contributed by atoms with Gasteiger partial charge in [-0.05, 0) is 59.2 Å². The van der Waals surface area contributed by atoms with Crippen molar-refractivity contribution in [2.24, 2.45) is 0 Å². The first-order valence-corrected chi connectivity index (χ1v) is 9.04. The number of aliphatic hydroxyl groups is 1. The summed E-state index contributed by atoms with van der Waals surface area (Å²) in [6, 6.07) is 20.2. The van der Waals surface area contributed by atoms with E-state index in [9.17, 15) is 5.11 Å². The molecule has 3 aromatic carbocycles. The molecule has 0 aromatic heterocycles. The highest BCUT2D eigenvalue weighted by Gasteiger charge is 2.37. The van der Waals surface area contributed by atoms with Crippen LogP contribution in [0.4, 0.5) is 4.39 Å². The van der Waals surface area contributed by atoms with Crippen molar-refractivity contribution in [1.29, 1.82) is 0 Å².